The summed E-state index contributed by atoms with van der Waals surface area (Å²) in [6.07, 6.45) is 1.83. The Kier molecular flexibility index (Phi) is 4.54. The first-order chi connectivity index (χ1) is 7.52. The van der Waals surface area contributed by atoms with Crippen molar-refractivity contribution < 1.29 is 19.8 Å². The van der Waals surface area contributed by atoms with Crippen molar-refractivity contribution in [2.75, 3.05) is 13.6 Å². The molecule has 92 valence electrons. The Hall–Kier alpha value is -1.30. The second-order valence-corrected chi connectivity index (χ2v) is 4.07. The van der Waals surface area contributed by atoms with Gasteiger partial charge in [0.1, 0.15) is 0 Å². The van der Waals surface area contributed by atoms with Gasteiger partial charge in [0.2, 0.25) is 0 Å². The van der Waals surface area contributed by atoms with Crippen molar-refractivity contribution >= 4 is 12.0 Å². The first kappa shape index (κ1) is 12.8. The van der Waals surface area contributed by atoms with E-state index in [1.54, 1.807) is 11.9 Å². The number of aliphatic hydroxyl groups excluding tert-OH is 1. The normalized spacial score (nSPS) is 17.4. The summed E-state index contributed by atoms with van der Waals surface area (Å²) in [5.41, 5.74) is 0. The summed E-state index contributed by atoms with van der Waals surface area (Å²) in [5.74, 6) is -1.26. The van der Waals surface area contributed by atoms with Crippen molar-refractivity contribution in [2.24, 2.45) is 0 Å². The quantitative estimate of drug-likeness (QED) is 0.621. The minimum atomic E-state index is -1.41. The van der Waals surface area contributed by atoms with Crippen molar-refractivity contribution in [1.29, 1.82) is 0 Å². The summed E-state index contributed by atoms with van der Waals surface area (Å²) in [7, 11) is 1.73. The Morgan fingerprint density at radius 1 is 1.50 bits per heavy atom. The molecule has 16 heavy (non-hydrogen) atoms. The van der Waals surface area contributed by atoms with Gasteiger partial charge in [-0.05, 0) is 19.3 Å². The largest absolute Gasteiger partial charge is 0.479 e. The summed E-state index contributed by atoms with van der Waals surface area (Å²) in [5, 5.41) is 20.0. The molecule has 0 spiro atoms. The minimum absolute atomic E-state index is 0.0274. The van der Waals surface area contributed by atoms with Gasteiger partial charge in [-0.3, -0.25) is 0 Å². The monoisotopic (exact) mass is 230 g/mol. The van der Waals surface area contributed by atoms with Crippen molar-refractivity contribution in [3.05, 3.63) is 0 Å². The standard InChI is InChI=1S/C10H18N2O4/c1-12(7-3-2-4-7)10(16)11-6-5-8(13)9(14)15/h7-8,13H,2-6H2,1H3,(H,11,16)(H,14,15). The fraction of sp³-hybridized carbons (Fsp3) is 0.800. The second kappa shape index (κ2) is 5.69. The first-order valence-corrected chi connectivity index (χ1v) is 5.44. The third-order valence-electron chi connectivity index (χ3n) is 2.92. The van der Waals surface area contributed by atoms with E-state index < -0.39 is 12.1 Å². The van der Waals surface area contributed by atoms with Crippen molar-refractivity contribution in [1.82, 2.24) is 10.2 Å². The lowest BCUT2D eigenvalue weighted by Crippen LogP contribution is -2.47. The van der Waals surface area contributed by atoms with Gasteiger partial charge in [0.05, 0.1) is 0 Å². The van der Waals surface area contributed by atoms with Crippen LogP contribution in [0.15, 0.2) is 0 Å². The summed E-state index contributed by atoms with van der Waals surface area (Å²) in [6.45, 7) is 0.170. The molecule has 0 heterocycles. The molecule has 2 amide bonds. The first-order valence-electron chi connectivity index (χ1n) is 5.44. The van der Waals surface area contributed by atoms with E-state index in [0.717, 1.165) is 19.3 Å². The summed E-state index contributed by atoms with van der Waals surface area (Å²) in [6, 6.07) is 0.103. The van der Waals surface area contributed by atoms with Gasteiger partial charge in [-0.15, -0.1) is 0 Å². The number of nitrogens with one attached hydrogen (secondary N) is 1. The number of nitrogens with zero attached hydrogens (tertiary/aromatic N) is 1. The third-order valence-corrected chi connectivity index (χ3v) is 2.92. The number of urea groups is 1. The number of carbonyl (C=O) groups excluding carboxylic acids is 1. The van der Waals surface area contributed by atoms with E-state index in [9.17, 15) is 9.59 Å². The molecule has 6 heteroatoms. The van der Waals surface area contributed by atoms with Crippen LogP contribution in [0.4, 0.5) is 4.79 Å². The Morgan fingerprint density at radius 3 is 2.56 bits per heavy atom. The number of amides is 2. The van der Waals surface area contributed by atoms with E-state index in [0.29, 0.717) is 6.04 Å². The molecular formula is C10H18N2O4. The van der Waals surface area contributed by atoms with Crippen molar-refractivity contribution in [3.63, 3.8) is 0 Å². The molecule has 1 saturated carbocycles. The predicted octanol–water partition coefficient (Wildman–Crippen LogP) is 0.0159. The second-order valence-electron chi connectivity index (χ2n) is 4.07. The maximum atomic E-state index is 11.5. The molecule has 1 rings (SSSR count). The molecule has 0 aromatic rings. The van der Waals surface area contributed by atoms with Gasteiger partial charge in [0, 0.05) is 26.1 Å². The van der Waals surface area contributed by atoms with Gasteiger partial charge in [0.15, 0.2) is 6.10 Å². The average Bonchev–Trinajstić information content (AvgIpc) is 2.14. The Labute approximate surface area is 94.2 Å². The van der Waals surface area contributed by atoms with E-state index >= 15 is 0 Å². The number of carboxylic acid groups (broad SMARTS) is 1. The molecule has 0 aliphatic heterocycles. The van der Waals surface area contributed by atoms with E-state index in [2.05, 4.69) is 5.32 Å². The molecule has 1 fully saturated rings. The molecule has 0 radical (unpaired) electrons. The molecule has 3 N–H and O–H groups in total. The molecule has 0 saturated heterocycles. The summed E-state index contributed by atoms with van der Waals surface area (Å²) < 4.78 is 0. The highest BCUT2D eigenvalue weighted by Crippen LogP contribution is 2.23. The van der Waals surface area contributed by atoms with Crippen LogP contribution in [0.5, 0.6) is 0 Å². The predicted molar refractivity (Wildman–Crippen MR) is 57.1 cm³/mol. The lowest BCUT2D eigenvalue weighted by Gasteiger charge is -2.34. The molecule has 0 aromatic carbocycles. The van der Waals surface area contributed by atoms with Crippen LogP contribution in [-0.4, -0.2) is 52.9 Å². The van der Waals surface area contributed by atoms with Gasteiger partial charge in [-0.25, -0.2) is 9.59 Å². The highest BCUT2D eigenvalue weighted by molar-refractivity contribution is 5.74. The van der Waals surface area contributed by atoms with Crippen LogP contribution in [0, 0.1) is 0 Å². The number of hydrogen-bond donors (Lipinski definition) is 3. The van der Waals surface area contributed by atoms with E-state index in [4.69, 9.17) is 10.2 Å². The highest BCUT2D eigenvalue weighted by Gasteiger charge is 2.25. The van der Waals surface area contributed by atoms with Crippen molar-refractivity contribution in [2.45, 2.75) is 37.8 Å². The molecule has 1 atom stereocenters. The number of aliphatic hydroxyl groups is 1. The molecule has 6 nitrogen and oxygen atoms in total. The smallest absolute Gasteiger partial charge is 0.332 e. The third kappa shape index (κ3) is 3.37. The van der Waals surface area contributed by atoms with E-state index in [1.807, 2.05) is 0 Å². The number of hydrogen-bond acceptors (Lipinski definition) is 3. The van der Waals surface area contributed by atoms with Crippen LogP contribution < -0.4 is 5.32 Å². The molecule has 1 aliphatic carbocycles. The van der Waals surface area contributed by atoms with Crippen LogP contribution in [0.25, 0.3) is 0 Å². The molecule has 1 unspecified atom stereocenters. The summed E-state index contributed by atoms with van der Waals surface area (Å²) >= 11 is 0. The lowest BCUT2D eigenvalue weighted by molar-refractivity contribution is -0.146. The summed E-state index contributed by atoms with van der Waals surface area (Å²) in [4.78, 5) is 23.4. The van der Waals surface area contributed by atoms with Crippen LogP contribution in [0.3, 0.4) is 0 Å². The topological polar surface area (TPSA) is 89.9 Å². The van der Waals surface area contributed by atoms with Gasteiger partial charge < -0.3 is 20.4 Å². The molecule has 0 aromatic heterocycles. The number of carbonyl (C=O) groups is 2. The fourth-order valence-corrected chi connectivity index (χ4v) is 1.50. The Bertz CT molecular complexity index is 266. The van der Waals surface area contributed by atoms with Crippen LogP contribution in [0.2, 0.25) is 0 Å². The average molecular weight is 230 g/mol. The van der Waals surface area contributed by atoms with Crippen LogP contribution in [0.1, 0.15) is 25.7 Å². The van der Waals surface area contributed by atoms with E-state index in [-0.39, 0.29) is 19.0 Å². The highest BCUT2D eigenvalue weighted by atomic mass is 16.4. The van der Waals surface area contributed by atoms with Crippen LogP contribution >= 0.6 is 0 Å². The molecular weight excluding hydrogens is 212 g/mol. The number of rotatable bonds is 5. The zero-order valence-corrected chi connectivity index (χ0v) is 9.35. The van der Waals surface area contributed by atoms with E-state index in [1.165, 1.54) is 0 Å². The minimum Gasteiger partial charge on any atom is -0.479 e. The fourth-order valence-electron chi connectivity index (χ4n) is 1.50. The van der Waals surface area contributed by atoms with Crippen LogP contribution in [-0.2, 0) is 4.79 Å². The van der Waals surface area contributed by atoms with Crippen molar-refractivity contribution in [3.8, 4) is 0 Å². The van der Waals surface area contributed by atoms with Gasteiger partial charge in [0.25, 0.3) is 0 Å². The SMILES string of the molecule is CN(C(=O)NCCC(O)C(=O)O)C1CCC1. The molecule has 0 bridgehead atoms. The van der Waals surface area contributed by atoms with Gasteiger partial charge in [-0.2, -0.15) is 0 Å². The number of carboxylic acids is 1. The molecule has 1 aliphatic rings. The zero-order valence-electron chi connectivity index (χ0n) is 9.35. The Balaban J connectivity index is 2.16. The van der Waals surface area contributed by atoms with Gasteiger partial charge in [-0.1, -0.05) is 0 Å². The Morgan fingerprint density at radius 2 is 2.12 bits per heavy atom. The number of aliphatic carboxylic acids is 1. The maximum Gasteiger partial charge on any atom is 0.332 e. The zero-order chi connectivity index (χ0) is 12.1. The maximum absolute atomic E-state index is 11.5. The van der Waals surface area contributed by atoms with Gasteiger partial charge >= 0.3 is 12.0 Å². The lowest BCUT2D eigenvalue weighted by atomic mass is 9.92.